The molecule has 0 heterocycles. The maximum Gasteiger partial charge on any atom is 0.295 e. The summed E-state index contributed by atoms with van der Waals surface area (Å²) in [6.07, 6.45) is 0. The van der Waals surface area contributed by atoms with E-state index in [-0.39, 0.29) is 11.1 Å². The average molecular weight is 431 g/mol. The first kappa shape index (κ1) is 19.8. The van der Waals surface area contributed by atoms with Gasteiger partial charge < -0.3 is 0 Å². The van der Waals surface area contributed by atoms with Gasteiger partial charge in [-0.1, -0.05) is 11.6 Å². The van der Waals surface area contributed by atoms with Crippen LogP contribution in [0.1, 0.15) is 0 Å². The number of benzene rings is 2. The van der Waals surface area contributed by atoms with Crippen molar-refractivity contribution in [1.82, 2.24) is 0 Å². The van der Waals surface area contributed by atoms with Crippen molar-refractivity contribution in [3.8, 4) is 0 Å². The van der Waals surface area contributed by atoms with Crippen molar-refractivity contribution in [3.63, 3.8) is 0 Å². The Morgan fingerprint density at radius 1 is 0.760 bits per heavy atom. The molecule has 0 saturated heterocycles. The van der Waals surface area contributed by atoms with E-state index in [2.05, 4.69) is 0 Å². The third-order valence-corrected chi connectivity index (χ3v) is 6.92. The molecule has 2 aromatic carbocycles. The zero-order chi connectivity index (χ0) is 19.2. The lowest BCUT2D eigenvalue weighted by Gasteiger charge is -2.11. The van der Waals surface area contributed by atoms with Crippen molar-refractivity contribution in [2.45, 2.75) is 19.6 Å². The maximum absolute atomic E-state index is 13.9. The molecule has 13 heteroatoms. The summed E-state index contributed by atoms with van der Waals surface area (Å²) in [5.74, 6) is -1.28. The molecular weight excluding hydrogens is 423 g/mol. The van der Waals surface area contributed by atoms with Gasteiger partial charge in [0.2, 0.25) is 9.84 Å². The monoisotopic (exact) mass is 430 g/mol. The Kier molecular flexibility index (Phi) is 4.98. The topological polar surface area (TPSA) is 143 Å². The zero-order valence-corrected chi connectivity index (χ0v) is 15.0. The molecule has 0 aliphatic heterocycles. The van der Waals surface area contributed by atoms with Gasteiger partial charge in [0.05, 0.1) is 9.79 Å². The molecule has 0 spiro atoms. The maximum atomic E-state index is 13.9. The van der Waals surface area contributed by atoms with Crippen LogP contribution >= 0.6 is 11.6 Å². The second-order valence-electron chi connectivity index (χ2n) is 4.64. The van der Waals surface area contributed by atoms with Crippen LogP contribution in [0.2, 0.25) is 5.02 Å². The second-order valence-corrected chi connectivity index (χ2v) is 9.77. The summed E-state index contributed by atoms with van der Waals surface area (Å²) >= 11 is 5.52. The number of rotatable bonds is 4. The van der Waals surface area contributed by atoms with Crippen LogP contribution in [0.4, 0.5) is 4.39 Å². The number of hydrogen-bond acceptors (Lipinski definition) is 6. The fourth-order valence-electron chi connectivity index (χ4n) is 1.88. The summed E-state index contributed by atoms with van der Waals surface area (Å²) in [6, 6.07) is 3.83. The van der Waals surface area contributed by atoms with E-state index in [4.69, 9.17) is 16.2 Å². The molecular formula is C12H8ClFO8S3. The SMILES string of the molecule is O=S(=O)(O)c1ccc(S(=O)(=O)c2ccc(Cl)cc2F)c(S(=O)(=O)O)c1. The van der Waals surface area contributed by atoms with Crippen molar-refractivity contribution < 1.29 is 38.7 Å². The highest BCUT2D eigenvalue weighted by Gasteiger charge is 2.30. The van der Waals surface area contributed by atoms with E-state index in [1.807, 2.05) is 0 Å². The first-order chi connectivity index (χ1) is 11.2. The van der Waals surface area contributed by atoms with Gasteiger partial charge >= 0.3 is 0 Å². The third-order valence-electron chi connectivity index (χ3n) is 2.96. The van der Waals surface area contributed by atoms with Crippen LogP contribution in [0.3, 0.4) is 0 Å². The molecule has 0 fully saturated rings. The minimum atomic E-state index is -5.23. The van der Waals surface area contributed by atoms with Crippen LogP contribution in [0.15, 0.2) is 56.0 Å². The van der Waals surface area contributed by atoms with Gasteiger partial charge in [0, 0.05) is 5.02 Å². The number of halogens is 2. The van der Waals surface area contributed by atoms with Crippen LogP contribution in [0.25, 0.3) is 0 Å². The van der Waals surface area contributed by atoms with Crippen LogP contribution in [0.5, 0.6) is 0 Å². The third kappa shape index (κ3) is 3.99. The van der Waals surface area contributed by atoms with Crippen LogP contribution in [-0.4, -0.2) is 34.4 Å². The summed E-state index contributed by atoms with van der Waals surface area (Å²) in [4.78, 5) is -4.34. The molecule has 0 aliphatic carbocycles. The molecule has 2 aromatic rings. The summed E-state index contributed by atoms with van der Waals surface area (Å²) in [6.45, 7) is 0. The highest BCUT2D eigenvalue weighted by molar-refractivity contribution is 7.93. The van der Waals surface area contributed by atoms with E-state index < -0.39 is 55.5 Å². The minimum Gasteiger partial charge on any atom is -0.282 e. The van der Waals surface area contributed by atoms with Crippen molar-refractivity contribution in [1.29, 1.82) is 0 Å². The molecule has 0 atom stereocenters. The van der Waals surface area contributed by atoms with Crippen molar-refractivity contribution in [2.75, 3.05) is 0 Å². The Morgan fingerprint density at radius 3 is 1.80 bits per heavy atom. The Labute approximate surface area is 147 Å². The molecule has 2 N–H and O–H groups in total. The number of sulfone groups is 1. The fourth-order valence-corrected chi connectivity index (χ4v) is 5.24. The largest absolute Gasteiger partial charge is 0.295 e. The molecule has 136 valence electrons. The standard InChI is InChI=1S/C12H8ClFO8S3/c13-7-1-3-10(9(14)5-7)23(15,16)11-4-2-8(24(17,18)19)6-12(11)25(20,21)22/h1-6H,(H,17,18,19)(H,20,21,22). The summed E-state index contributed by atoms with van der Waals surface area (Å²) in [5.41, 5.74) is 0. The van der Waals surface area contributed by atoms with E-state index in [1.165, 1.54) is 0 Å². The molecule has 0 radical (unpaired) electrons. The van der Waals surface area contributed by atoms with Crippen LogP contribution in [0, 0.1) is 5.82 Å². The smallest absolute Gasteiger partial charge is 0.282 e. The van der Waals surface area contributed by atoms with Crippen LogP contribution < -0.4 is 0 Å². The lowest BCUT2D eigenvalue weighted by atomic mass is 10.3. The van der Waals surface area contributed by atoms with Gasteiger partial charge in [0.1, 0.15) is 15.6 Å². The highest BCUT2D eigenvalue weighted by atomic mass is 35.5. The van der Waals surface area contributed by atoms with E-state index >= 15 is 0 Å². The Hall–Kier alpha value is -1.57. The summed E-state index contributed by atoms with van der Waals surface area (Å²) in [5, 5.41) is -0.117. The zero-order valence-electron chi connectivity index (χ0n) is 11.8. The molecule has 0 amide bonds. The quantitative estimate of drug-likeness (QED) is 0.699. The molecule has 0 saturated carbocycles. The minimum absolute atomic E-state index is 0.117. The van der Waals surface area contributed by atoms with E-state index in [0.29, 0.717) is 18.2 Å². The lowest BCUT2D eigenvalue weighted by molar-refractivity contribution is 0.477. The van der Waals surface area contributed by atoms with Crippen molar-refractivity contribution in [2.24, 2.45) is 0 Å². The molecule has 8 nitrogen and oxygen atoms in total. The van der Waals surface area contributed by atoms with Gasteiger partial charge in [0.25, 0.3) is 20.2 Å². The molecule has 25 heavy (non-hydrogen) atoms. The van der Waals surface area contributed by atoms with E-state index in [0.717, 1.165) is 12.1 Å². The normalized spacial score (nSPS) is 13.0. The Morgan fingerprint density at radius 2 is 1.32 bits per heavy atom. The van der Waals surface area contributed by atoms with Crippen molar-refractivity contribution >= 4 is 41.7 Å². The second kappa shape index (κ2) is 6.30. The van der Waals surface area contributed by atoms with E-state index in [9.17, 15) is 34.2 Å². The lowest BCUT2D eigenvalue weighted by Crippen LogP contribution is -2.12. The van der Waals surface area contributed by atoms with Gasteiger partial charge in [0.15, 0.2) is 0 Å². The highest BCUT2D eigenvalue weighted by Crippen LogP contribution is 2.31. The summed E-state index contributed by atoms with van der Waals surface area (Å²) < 4.78 is 102. The van der Waals surface area contributed by atoms with Gasteiger partial charge in [-0.25, -0.2) is 12.8 Å². The molecule has 0 aliphatic rings. The molecule has 0 bridgehead atoms. The first-order valence-electron chi connectivity index (χ1n) is 6.04. The first-order valence-corrected chi connectivity index (χ1v) is 10.8. The van der Waals surface area contributed by atoms with Gasteiger partial charge in [-0.2, -0.15) is 16.8 Å². The Balaban J connectivity index is 2.86. The van der Waals surface area contributed by atoms with E-state index in [1.54, 1.807) is 0 Å². The van der Waals surface area contributed by atoms with Crippen molar-refractivity contribution in [3.05, 3.63) is 47.2 Å². The van der Waals surface area contributed by atoms with Gasteiger partial charge in [-0.05, 0) is 36.4 Å². The predicted molar refractivity (Wildman–Crippen MR) is 82.9 cm³/mol. The van der Waals surface area contributed by atoms with Gasteiger partial charge in [-0.15, -0.1) is 0 Å². The predicted octanol–water partition coefficient (Wildman–Crippen LogP) is 1.81. The van der Waals surface area contributed by atoms with Crippen LogP contribution in [-0.2, 0) is 30.1 Å². The molecule has 0 unspecified atom stereocenters. The Bertz CT molecular complexity index is 1170. The molecule has 2 rings (SSSR count). The van der Waals surface area contributed by atoms with Gasteiger partial charge in [-0.3, -0.25) is 9.11 Å². The fraction of sp³-hybridized carbons (Fsp3) is 0. The number of hydrogen-bond donors (Lipinski definition) is 2. The molecule has 0 aromatic heterocycles. The average Bonchev–Trinajstić information content (AvgIpc) is 2.44. The summed E-state index contributed by atoms with van der Waals surface area (Å²) in [7, 11) is -14.9.